The average molecular weight is 1140 g/mol. The maximum absolute atomic E-state index is 10.4. The van der Waals surface area contributed by atoms with Crippen molar-refractivity contribution in [2.24, 2.45) is 30.7 Å². The van der Waals surface area contributed by atoms with Gasteiger partial charge in [0.25, 0.3) is 0 Å². The zero-order chi connectivity index (χ0) is 55.6. The van der Waals surface area contributed by atoms with Gasteiger partial charge in [-0.3, -0.25) is 0 Å². The quantitative estimate of drug-likeness (QED) is 0.0676. The standard InChI is InChI=1S/C49H70N18O14/c50-62-56-26-21-28(58-64-52)36-42(80-48(76-36)17-9-3-10-18-48)34(26)74-44-32(60-66-54)40(38-30(72-44)23-70-46(78-38)13-5-1-6-14-46)68-25-69-41-33(61-67-55)45(73-31-24-71-47(79-39(31)41)15-7-2-8-16-47)75-35-27(57-63-51)22-29(59-65-53)37-43(35)81-49(77-37)19-11-4-12-20-49/h26-45H,1-25H2/t26?,27?,28?,29?,30?,31?,32?,33?,34-,35-,36?,37?,38-,39-,40?,41?,42?,43?,44-,45-/m1/s1. The van der Waals surface area contributed by atoms with Crippen LogP contribution in [0.4, 0.5) is 0 Å². The number of fused-ring (bicyclic) bond motifs is 4. The number of hydrogen-bond donors (Lipinski definition) is 0. The van der Waals surface area contributed by atoms with Crippen LogP contribution in [0.3, 0.4) is 0 Å². The van der Waals surface area contributed by atoms with E-state index in [0.717, 1.165) is 77.0 Å². The van der Waals surface area contributed by atoms with Crippen molar-refractivity contribution in [2.45, 2.75) is 286 Å². The van der Waals surface area contributed by atoms with Crippen molar-refractivity contribution in [1.82, 2.24) is 0 Å². The SMILES string of the molecule is [N-]=[N+]=NC1CC(N=[N+]=[N-])[C@@H](O[C@H]2OC3COC4(CCCCC4)O[C@H]3C(OCOC3C(N=[N+]=[N-])[C@@H](O[C@@H]4C(N=[N+]=[N-])CC(N=[N+]=[N-])C5OC6(CCCCC6)OC54)OC4COC5(CCCCC5)O[C@H]43)C2N=[N+]=[N-])C2OC3(CCCCC3)OC12. The van der Waals surface area contributed by atoms with E-state index >= 15 is 0 Å². The smallest absolute Gasteiger partial charge is 0.169 e. The summed E-state index contributed by atoms with van der Waals surface area (Å²) in [5.74, 6) is -3.90. The fourth-order valence-electron chi connectivity index (χ4n) is 15.1. The summed E-state index contributed by atoms with van der Waals surface area (Å²) in [7, 11) is 0. The molecule has 20 atom stereocenters. The third-order valence-electron chi connectivity index (χ3n) is 18.9. The number of hydrogen-bond acceptors (Lipinski definition) is 20. The molecule has 440 valence electrons. The molecule has 0 aromatic carbocycles. The van der Waals surface area contributed by atoms with Gasteiger partial charge in [-0.15, -0.1) is 0 Å². The Morgan fingerprint density at radius 1 is 0.358 bits per heavy atom. The largest absolute Gasteiger partial charge is 0.349 e. The van der Waals surface area contributed by atoms with E-state index in [0.29, 0.717) is 51.4 Å². The lowest BCUT2D eigenvalue weighted by Gasteiger charge is -2.54. The molecule has 0 N–H and O–H groups in total. The molecule has 81 heavy (non-hydrogen) atoms. The molecule has 0 bridgehead atoms. The van der Waals surface area contributed by atoms with Crippen molar-refractivity contribution < 1.29 is 66.3 Å². The van der Waals surface area contributed by atoms with Gasteiger partial charge in [0.05, 0.1) is 61.8 Å². The average Bonchev–Trinajstić information content (AvgIpc) is 4.10. The van der Waals surface area contributed by atoms with Crippen LogP contribution in [0.5, 0.6) is 0 Å². The first-order valence-corrected chi connectivity index (χ1v) is 29.1. The number of azide groups is 6. The second kappa shape index (κ2) is 24.5. The Balaban J connectivity index is 0.856. The van der Waals surface area contributed by atoms with E-state index in [-0.39, 0.29) is 26.1 Å². The molecule has 32 heteroatoms. The molecule has 14 unspecified atom stereocenters. The second-order valence-electron chi connectivity index (χ2n) is 23.6. The van der Waals surface area contributed by atoms with Crippen LogP contribution in [-0.4, -0.2) is 165 Å². The Labute approximate surface area is 465 Å². The summed E-state index contributed by atoms with van der Waals surface area (Å²) < 4.78 is 94.8. The second-order valence-corrected chi connectivity index (χ2v) is 23.6. The van der Waals surface area contributed by atoms with Gasteiger partial charge in [0.2, 0.25) is 0 Å². The molecule has 12 fully saturated rings. The van der Waals surface area contributed by atoms with Gasteiger partial charge in [0.15, 0.2) is 35.7 Å². The number of ether oxygens (including phenoxy) is 14. The normalized spacial score (nSPS) is 43.3. The van der Waals surface area contributed by atoms with Gasteiger partial charge >= 0.3 is 0 Å². The molecule has 6 saturated carbocycles. The molecular weight excluding hydrogens is 1060 g/mol. The van der Waals surface area contributed by atoms with Crippen LogP contribution in [0.2, 0.25) is 0 Å². The van der Waals surface area contributed by atoms with Crippen LogP contribution in [0.15, 0.2) is 30.7 Å². The molecule has 12 rings (SSSR count). The lowest BCUT2D eigenvalue weighted by molar-refractivity contribution is -0.403. The van der Waals surface area contributed by atoms with Crippen LogP contribution in [0, 0.1) is 0 Å². The summed E-state index contributed by atoms with van der Waals surface area (Å²) in [6.45, 7) is -0.414. The fourth-order valence-corrected chi connectivity index (χ4v) is 15.1. The van der Waals surface area contributed by atoms with E-state index in [1.54, 1.807) is 0 Å². The van der Waals surface area contributed by atoms with Gasteiger partial charge < -0.3 is 66.3 Å². The first-order valence-electron chi connectivity index (χ1n) is 29.1. The van der Waals surface area contributed by atoms with Crippen molar-refractivity contribution >= 4 is 0 Å². The molecule has 6 aliphatic heterocycles. The first kappa shape index (κ1) is 56.8. The maximum Gasteiger partial charge on any atom is 0.169 e. The third-order valence-corrected chi connectivity index (χ3v) is 18.9. The van der Waals surface area contributed by atoms with Gasteiger partial charge in [-0.25, -0.2) is 0 Å². The molecule has 32 nitrogen and oxygen atoms in total. The molecule has 0 amide bonds. The van der Waals surface area contributed by atoms with Crippen molar-refractivity contribution in [3.63, 3.8) is 0 Å². The molecule has 6 aliphatic carbocycles. The predicted molar refractivity (Wildman–Crippen MR) is 273 cm³/mol. The minimum Gasteiger partial charge on any atom is -0.349 e. The third kappa shape index (κ3) is 11.3. The Hall–Kier alpha value is -4.70. The van der Waals surface area contributed by atoms with Crippen LogP contribution in [-0.2, 0) is 66.3 Å². The van der Waals surface area contributed by atoms with Crippen molar-refractivity contribution in [1.29, 1.82) is 0 Å². The molecule has 4 spiro atoms. The van der Waals surface area contributed by atoms with Gasteiger partial charge in [0, 0.05) is 80.8 Å². The predicted octanol–water partition coefficient (Wildman–Crippen LogP) is 9.86. The minimum atomic E-state index is -1.38. The van der Waals surface area contributed by atoms with Crippen molar-refractivity contribution in [3.05, 3.63) is 62.7 Å². The maximum atomic E-state index is 10.4. The van der Waals surface area contributed by atoms with E-state index in [4.69, 9.17) is 66.3 Å². The lowest BCUT2D eigenvalue weighted by atomic mass is 9.84. The van der Waals surface area contributed by atoms with E-state index < -0.39 is 152 Å². The Bertz CT molecular complexity index is 2380. The zero-order valence-electron chi connectivity index (χ0n) is 45.0. The topological polar surface area (TPSA) is 422 Å². The molecule has 0 aromatic rings. The fraction of sp³-hybridized carbons (Fsp3) is 1.00. The van der Waals surface area contributed by atoms with Gasteiger partial charge in [-0.05, 0) is 97.4 Å². The van der Waals surface area contributed by atoms with Crippen molar-refractivity contribution in [2.75, 3.05) is 20.0 Å². The van der Waals surface area contributed by atoms with E-state index in [1.165, 1.54) is 0 Å². The minimum absolute atomic E-state index is 0.0589. The lowest BCUT2D eigenvalue weighted by Crippen LogP contribution is -2.68. The zero-order valence-corrected chi connectivity index (χ0v) is 45.0. The summed E-state index contributed by atoms with van der Waals surface area (Å²) in [4.78, 5) is 19.1. The van der Waals surface area contributed by atoms with Gasteiger partial charge in [-0.1, -0.05) is 56.4 Å². The highest BCUT2D eigenvalue weighted by molar-refractivity contribution is 5.11. The van der Waals surface area contributed by atoms with Crippen LogP contribution < -0.4 is 0 Å². The highest BCUT2D eigenvalue weighted by Gasteiger charge is 2.63. The van der Waals surface area contributed by atoms with Gasteiger partial charge in [0.1, 0.15) is 67.7 Å². The summed E-state index contributed by atoms with van der Waals surface area (Å²) in [5, 5.41) is 24.9. The van der Waals surface area contributed by atoms with E-state index in [9.17, 15) is 33.2 Å². The van der Waals surface area contributed by atoms with Crippen molar-refractivity contribution in [3.8, 4) is 0 Å². The van der Waals surface area contributed by atoms with Crippen LogP contribution >= 0.6 is 0 Å². The summed E-state index contributed by atoms with van der Waals surface area (Å²) in [5.41, 5.74) is 59.9. The highest BCUT2D eigenvalue weighted by atomic mass is 16.8. The Morgan fingerprint density at radius 3 is 1.04 bits per heavy atom. The molecule has 0 radical (unpaired) electrons. The van der Waals surface area contributed by atoms with E-state index in [2.05, 4.69) is 60.2 Å². The molecule has 6 saturated heterocycles. The highest BCUT2D eigenvalue weighted by Crippen LogP contribution is 2.51. The molecule has 0 aromatic heterocycles. The Morgan fingerprint density at radius 2 is 0.679 bits per heavy atom. The van der Waals surface area contributed by atoms with Crippen LogP contribution in [0.1, 0.15) is 141 Å². The number of rotatable bonds is 14. The van der Waals surface area contributed by atoms with Crippen LogP contribution in [0.25, 0.3) is 62.7 Å². The first-order chi connectivity index (χ1) is 39.7. The van der Waals surface area contributed by atoms with Gasteiger partial charge in [-0.2, -0.15) is 0 Å². The molecular formula is C49H70N18O14. The van der Waals surface area contributed by atoms with E-state index in [1.807, 2.05) is 0 Å². The summed E-state index contributed by atoms with van der Waals surface area (Å²) in [6, 6.07) is -5.95. The Kier molecular flexibility index (Phi) is 17.2. The number of nitrogens with zero attached hydrogens (tertiary/aromatic N) is 18. The summed E-state index contributed by atoms with van der Waals surface area (Å²) >= 11 is 0. The molecule has 6 heterocycles. The monoisotopic (exact) mass is 1130 g/mol. The molecule has 12 aliphatic rings. The summed E-state index contributed by atoms with van der Waals surface area (Å²) in [6.07, 6.45) is 1.80.